The first-order valence-corrected chi connectivity index (χ1v) is 8.66. The lowest BCUT2D eigenvalue weighted by molar-refractivity contribution is -0.128. The predicted octanol–water partition coefficient (Wildman–Crippen LogP) is 2.12. The maximum Gasteiger partial charge on any atom is 0.268 e. The molecule has 3 N–H and O–H groups in total. The summed E-state index contributed by atoms with van der Waals surface area (Å²) >= 11 is 0. The molecule has 0 bridgehead atoms. The molecule has 138 valence electrons. The highest BCUT2D eigenvalue weighted by atomic mass is 16.5. The van der Waals surface area contributed by atoms with Crippen molar-refractivity contribution in [1.29, 1.82) is 0 Å². The highest BCUT2D eigenvalue weighted by Crippen LogP contribution is 2.36. The molecule has 26 heavy (non-hydrogen) atoms. The number of anilines is 1. The Labute approximate surface area is 152 Å². The van der Waals surface area contributed by atoms with Crippen molar-refractivity contribution < 1.29 is 18.7 Å². The van der Waals surface area contributed by atoms with Crippen LogP contribution in [-0.2, 0) is 16.1 Å². The van der Waals surface area contributed by atoms with E-state index in [-0.39, 0.29) is 30.9 Å². The average molecular weight is 357 g/mol. The molecular formula is C19H23N3O4. The van der Waals surface area contributed by atoms with Gasteiger partial charge in [-0.2, -0.15) is 0 Å². The lowest BCUT2D eigenvalue weighted by Crippen LogP contribution is -2.48. The fourth-order valence-corrected chi connectivity index (χ4v) is 2.85. The van der Waals surface area contributed by atoms with E-state index < -0.39 is 6.10 Å². The summed E-state index contributed by atoms with van der Waals surface area (Å²) in [7, 11) is 0. The van der Waals surface area contributed by atoms with Crippen LogP contribution >= 0.6 is 0 Å². The second-order valence-corrected chi connectivity index (χ2v) is 6.28. The van der Waals surface area contributed by atoms with Gasteiger partial charge >= 0.3 is 0 Å². The second kappa shape index (κ2) is 7.61. The molecular weight excluding hydrogens is 334 g/mol. The third-order valence-corrected chi connectivity index (χ3v) is 4.40. The van der Waals surface area contributed by atoms with Gasteiger partial charge in [0.25, 0.3) is 5.91 Å². The van der Waals surface area contributed by atoms with E-state index in [4.69, 9.17) is 14.9 Å². The monoisotopic (exact) mass is 357 g/mol. The van der Waals surface area contributed by atoms with Gasteiger partial charge in [0.15, 0.2) is 6.10 Å². The van der Waals surface area contributed by atoms with E-state index in [1.54, 1.807) is 31.4 Å². The van der Waals surface area contributed by atoms with Crippen molar-refractivity contribution in [3.63, 3.8) is 0 Å². The molecule has 0 radical (unpaired) electrons. The molecule has 2 unspecified atom stereocenters. The first-order chi connectivity index (χ1) is 12.5. The number of carbonyl (C=O) groups is 2. The average Bonchev–Trinajstić information content (AvgIpc) is 3.16. The molecule has 2 aromatic rings. The van der Waals surface area contributed by atoms with Gasteiger partial charge in [0, 0.05) is 6.04 Å². The van der Waals surface area contributed by atoms with Crippen LogP contribution in [0.3, 0.4) is 0 Å². The number of furan rings is 1. The summed E-state index contributed by atoms with van der Waals surface area (Å²) in [5.74, 6) is 0.687. The molecule has 2 atom stereocenters. The third-order valence-electron chi connectivity index (χ3n) is 4.40. The van der Waals surface area contributed by atoms with Crippen LogP contribution in [0.4, 0.5) is 5.69 Å². The number of carbonyl (C=O) groups excluding carboxylic acids is 2. The first-order valence-electron chi connectivity index (χ1n) is 8.66. The van der Waals surface area contributed by atoms with Crippen molar-refractivity contribution in [2.75, 3.05) is 11.4 Å². The second-order valence-electron chi connectivity index (χ2n) is 6.28. The number of nitrogens with one attached hydrogen (secondary N) is 1. The molecule has 0 saturated carbocycles. The minimum atomic E-state index is -0.647. The summed E-state index contributed by atoms with van der Waals surface area (Å²) < 4.78 is 10.9. The Bertz CT molecular complexity index is 788. The van der Waals surface area contributed by atoms with Crippen LogP contribution in [0.25, 0.3) is 0 Å². The Morgan fingerprint density at radius 3 is 2.88 bits per heavy atom. The molecule has 0 fully saturated rings. The molecule has 7 heteroatoms. The number of nitrogens with two attached hydrogens (primary N) is 1. The maximum atomic E-state index is 12.6. The van der Waals surface area contributed by atoms with Gasteiger partial charge in [-0.3, -0.25) is 14.5 Å². The van der Waals surface area contributed by atoms with Crippen molar-refractivity contribution in [2.45, 2.75) is 39.0 Å². The summed E-state index contributed by atoms with van der Waals surface area (Å²) in [5.41, 5.74) is 7.58. The Morgan fingerprint density at radius 1 is 1.38 bits per heavy atom. The van der Waals surface area contributed by atoms with Gasteiger partial charge in [-0.15, -0.1) is 0 Å². The summed E-state index contributed by atoms with van der Waals surface area (Å²) in [4.78, 5) is 26.4. The number of rotatable bonds is 6. The summed E-state index contributed by atoms with van der Waals surface area (Å²) in [6.45, 7) is 3.84. The minimum absolute atomic E-state index is 0.0922. The number of fused-ring (bicyclic) bond motifs is 1. The van der Waals surface area contributed by atoms with Crippen LogP contribution in [0.5, 0.6) is 5.75 Å². The van der Waals surface area contributed by atoms with E-state index in [1.807, 2.05) is 19.1 Å². The molecule has 2 heterocycles. The SMILES string of the molecule is CCC(N)c1ccc2c(c1)N(CC(=O)NCc1ccco1)C(=O)C(C)O2. The zero-order chi connectivity index (χ0) is 18.7. The Hall–Kier alpha value is -2.80. The standard InChI is InChI=1S/C19H23N3O4/c1-3-15(20)13-6-7-17-16(9-13)22(19(24)12(2)26-17)11-18(23)21-10-14-5-4-8-25-14/h4-9,12,15H,3,10-11,20H2,1-2H3,(H,21,23). The van der Waals surface area contributed by atoms with Crippen LogP contribution in [0.2, 0.25) is 0 Å². The van der Waals surface area contributed by atoms with E-state index in [9.17, 15) is 9.59 Å². The van der Waals surface area contributed by atoms with Crippen LogP contribution < -0.4 is 20.7 Å². The van der Waals surface area contributed by atoms with Crippen LogP contribution in [-0.4, -0.2) is 24.5 Å². The highest BCUT2D eigenvalue weighted by Gasteiger charge is 2.33. The fraction of sp³-hybridized carbons (Fsp3) is 0.368. The first kappa shape index (κ1) is 18.0. The lowest BCUT2D eigenvalue weighted by atomic mass is 10.0. The molecule has 0 spiro atoms. The van der Waals surface area contributed by atoms with Gasteiger partial charge in [-0.1, -0.05) is 13.0 Å². The van der Waals surface area contributed by atoms with Crippen LogP contribution in [0.15, 0.2) is 41.0 Å². The largest absolute Gasteiger partial charge is 0.479 e. The van der Waals surface area contributed by atoms with Crippen molar-refractivity contribution in [3.8, 4) is 5.75 Å². The maximum absolute atomic E-state index is 12.6. The van der Waals surface area contributed by atoms with Gasteiger partial charge in [0.1, 0.15) is 18.1 Å². The van der Waals surface area contributed by atoms with Gasteiger partial charge in [0.2, 0.25) is 5.91 Å². The number of ether oxygens (including phenoxy) is 1. The van der Waals surface area contributed by atoms with Gasteiger partial charge < -0.3 is 20.2 Å². The van der Waals surface area contributed by atoms with Crippen LogP contribution in [0, 0.1) is 0 Å². The van der Waals surface area contributed by atoms with E-state index in [0.29, 0.717) is 17.2 Å². The molecule has 0 saturated heterocycles. The molecule has 2 amide bonds. The smallest absolute Gasteiger partial charge is 0.268 e. The number of amides is 2. The zero-order valence-electron chi connectivity index (χ0n) is 14.9. The molecule has 3 rings (SSSR count). The Balaban J connectivity index is 1.79. The predicted molar refractivity (Wildman–Crippen MR) is 96.7 cm³/mol. The molecule has 1 aromatic heterocycles. The summed E-state index contributed by atoms with van der Waals surface area (Å²) in [6.07, 6.45) is 1.67. The summed E-state index contributed by atoms with van der Waals surface area (Å²) in [5, 5.41) is 2.76. The number of nitrogens with zero attached hydrogens (tertiary/aromatic N) is 1. The van der Waals surface area contributed by atoms with E-state index >= 15 is 0 Å². The number of hydrogen-bond donors (Lipinski definition) is 2. The van der Waals surface area contributed by atoms with E-state index in [0.717, 1.165) is 12.0 Å². The van der Waals surface area contributed by atoms with Gasteiger partial charge in [-0.25, -0.2) is 0 Å². The lowest BCUT2D eigenvalue weighted by Gasteiger charge is -2.33. The fourth-order valence-electron chi connectivity index (χ4n) is 2.85. The molecule has 7 nitrogen and oxygen atoms in total. The van der Waals surface area contributed by atoms with Crippen molar-refractivity contribution in [3.05, 3.63) is 47.9 Å². The van der Waals surface area contributed by atoms with Crippen molar-refractivity contribution in [1.82, 2.24) is 5.32 Å². The van der Waals surface area contributed by atoms with Gasteiger partial charge in [0.05, 0.1) is 18.5 Å². The Kier molecular flexibility index (Phi) is 5.27. The highest BCUT2D eigenvalue weighted by molar-refractivity contribution is 6.03. The van der Waals surface area contributed by atoms with Crippen LogP contribution in [0.1, 0.15) is 37.6 Å². The molecule has 1 aliphatic heterocycles. The van der Waals surface area contributed by atoms with E-state index in [1.165, 1.54) is 4.90 Å². The topological polar surface area (TPSA) is 97.8 Å². The third kappa shape index (κ3) is 3.72. The van der Waals surface area contributed by atoms with E-state index in [2.05, 4.69) is 5.32 Å². The number of hydrogen-bond acceptors (Lipinski definition) is 5. The summed E-state index contributed by atoms with van der Waals surface area (Å²) in [6, 6.07) is 8.91. The Morgan fingerprint density at radius 2 is 2.19 bits per heavy atom. The minimum Gasteiger partial charge on any atom is -0.479 e. The number of benzene rings is 1. The zero-order valence-corrected chi connectivity index (χ0v) is 14.9. The molecule has 0 aliphatic carbocycles. The normalized spacial score (nSPS) is 17.4. The van der Waals surface area contributed by atoms with Gasteiger partial charge in [-0.05, 0) is 43.2 Å². The van der Waals surface area contributed by atoms with Crippen molar-refractivity contribution in [2.24, 2.45) is 5.73 Å². The molecule has 1 aromatic carbocycles. The molecule has 1 aliphatic rings. The quantitative estimate of drug-likeness (QED) is 0.825. The van der Waals surface area contributed by atoms with Crippen molar-refractivity contribution >= 4 is 17.5 Å².